The highest BCUT2D eigenvalue weighted by Gasteiger charge is 2.32. The van der Waals surface area contributed by atoms with E-state index in [1.807, 2.05) is 30.0 Å². The zero-order valence-electron chi connectivity index (χ0n) is 14.2. The normalized spacial score (nSPS) is 17.4. The summed E-state index contributed by atoms with van der Waals surface area (Å²) in [5.74, 6) is 1.18. The van der Waals surface area contributed by atoms with Crippen molar-refractivity contribution in [1.82, 2.24) is 4.98 Å². The van der Waals surface area contributed by atoms with E-state index in [2.05, 4.69) is 25.8 Å². The monoisotopic (exact) mass is 330 g/mol. The summed E-state index contributed by atoms with van der Waals surface area (Å²) in [6.07, 6.45) is -0.435. The molecule has 0 fully saturated rings. The summed E-state index contributed by atoms with van der Waals surface area (Å²) in [6.45, 7) is 10.8. The van der Waals surface area contributed by atoms with Crippen molar-refractivity contribution in [3.8, 4) is 17.0 Å². The van der Waals surface area contributed by atoms with Crippen molar-refractivity contribution < 1.29 is 9.53 Å². The average Bonchev–Trinajstić information content (AvgIpc) is 2.82. The van der Waals surface area contributed by atoms with Crippen molar-refractivity contribution in [2.45, 2.75) is 40.7 Å². The Balaban J connectivity index is 2.08. The number of ether oxygens (including phenoxy) is 1. The van der Waals surface area contributed by atoms with Crippen LogP contribution >= 0.6 is 11.3 Å². The largest absolute Gasteiger partial charge is 0.479 e. The molecular weight excluding hydrogens is 308 g/mol. The molecule has 23 heavy (non-hydrogen) atoms. The van der Waals surface area contributed by atoms with E-state index < -0.39 is 6.10 Å². The molecule has 0 spiro atoms. The van der Waals surface area contributed by atoms with E-state index in [9.17, 15) is 4.79 Å². The quantitative estimate of drug-likeness (QED) is 0.847. The maximum absolute atomic E-state index is 12.5. The Kier molecular flexibility index (Phi) is 4.15. The van der Waals surface area contributed by atoms with E-state index in [0.29, 0.717) is 12.5 Å². The van der Waals surface area contributed by atoms with Gasteiger partial charge < -0.3 is 9.64 Å². The highest BCUT2D eigenvalue weighted by atomic mass is 32.1. The molecule has 0 bridgehead atoms. The number of amides is 1. The predicted octanol–water partition coefficient (Wildman–Crippen LogP) is 4.20. The molecule has 1 unspecified atom stereocenters. The summed E-state index contributed by atoms with van der Waals surface area (Å²) in [5.41, 5.74) is 2.88. The molecule has 4 nitrogen and oxygen atoms in total. The third-order valence-electron chi connectivity index (χ3n) is 3.89. The van der Waals surface area contributed by atoms with Crippen molar-refractivity contribution >= 4 is 22.9 Å². The number of hydrogen-bond acceptors (Lipinski definition) is 4. The van der Waals surface area contributed by atoms with Gasteiger partial charge in [-0.25, -0.2) is 4.98 Å². The first-order valence-electron chi connectivity index (χ1n) is 7.93. The molecule has 1 aromatic heterocycles. The molecule has 1 aliphatic rings. The number of rotatable bonds is 3. The lowest BCUT2D eigenvalue weighted by atomic mass is 10.1. The van der Waals surface area contributed by atoms with Gasteiger partial charge in [0.05, 0.1) is 16.4 Å². The molecule has 5 heteroatoms. The third-order valence-corrected chi connectivity index (χ3v) is 4.78. The van der Waals surface area contributed by atoms with Gasteiger partial charge in [0.2, 0.25) is 0 Å². The van der Waals surface area contributed by atoms with Crippen molar-refractivity contribution in [2.24, 2.45) is 5.92 Å². The smallest absolute Gasteiger partial charge is 0.267 e. The minimum atomic E-state index is -0.435. The number of aromatic nitrogens is 1. The van der Waals surface area contributed by atoms with Gasteiger partial charge >= 0.3 is 0 Å². The molecule has 2 aromatic rings. The van der Waals surface area contributed by atoms with Crippen molar-refractivity contribution in [1.29, 1.82) is 0 Å². The maximum Gasteiger partial charge on any atom is 0.267 e. The van der Waals surface area contributed by atoms with Crippen LogP contribution < -0.4 is 9.64 Å². The van der Waals surface area contributed by atoms with Crippen LogP contribution in [0.2, 0.25) is 0 Å². The predicted molar refractivity (Wildman–Crippen MR) is 94.3 cm³/mol. The Morgan fingerprint density at radius 1 is 1.35 bits per heavy atom. The number of fused-ring (bicyclic) bond motifs is 1. The SMILES string of the molecule is Cc1nc(-c2ccc3c(c2)N(CC(C)C)C(=O)C(C)O3)c(C)s1. The van der Waals surface area contributed by atoms with Gasteiger partial charge in [-0.3, -0.25) is 4.79 Å². The molecular formula is C18H22N2O2S. The van der Waals surface area contributed by atoms with E-state index in [-0.39, 0.29) is 5.91 Å². The maximum atomic E-state index is 12.5. The molecule has 0 saturated heterocycles. The highest BCUT2D eigenvalue weighted by Crippen LogP contribution is 2.39. The minimum absolute atomic E-state index is 0.0227. The van der Waals surface area contributed by atoms with Gasteiger partial charge in [0.15, 0.2) is 6.10 Å². The second-order valence-electron chi connectivity index (χ2n) is 6.42. The van der Waals surface area contributed by atoms with Crippen LogP contribution in [0.1, 0.15) is 30.7 Å². The Labute approximate surface area is 141 Å². The Bertz CT molecular complexity index is 751. The van der Waals surface area contributed by atoms with Crippen LogP contribution in [-0.4, -0.2) is 23.5 Å². The number of aryl methyl sites for hydroxylation is 2. The molecule has 1 amide bonds. The van der Waals surface area contributed by atoms with E-state index in [0.717, 1.165) is 27.7 Å². The van der Waals surface area contributed by atoms with Crippen LogP contribution in [0.15, 0.2) is 18.2 Å². The number of hydrogen-bond donors (Lipinski definition) is 0. The molecule has 1 aliphatic heterocycles. The number of anilines is 1. The van der Waals surface area contributed by atoms with Crippen LogP contribution in [0.25, 0.3) is 11.3 Å². The van der Waals surface area contributed by atoms with Crippen LogP contribution in [0.4, 0.5) is 5.69 Å². The van der Waals surface area contributed by atoms with E-state index in [4.69, 9.17) is 4.74 Å². The van der Waals surface area contributed by atoms with Gasteiger partial charge in [-0.2, -0.15) is 0 Å². The number of carbonyl (C=O) groups is 1. The number of carbonyl (C=O) groups excluding carboxylic acids is 1. The summed E-state index contributed by atoms with van der Waals surface area (Å²) >= 11 is 1.69. The van der Waals surface area contributed by atoms with Crippen molar-refractivity contribution in [3.05, 3.63) is 28.1 Å². The van der Waals surface area contributed by atoms with Gasteiger partial charge in [-0.05, 0) is 44.9 Å². The second kappa shape index (κ2) is 5.96. The third kappa shape index (κ3) is 2.98. The number of benzene rings is 1. The fourth-order valence-corrected chi connectivity index (χ4v) is 3.74. The molecule has 0 radical (unpaired) electrons. The average molecular weight is 330 g/mol. The van der Waals surface area contributed by atoms with Crippen LogP contribution in [0.5, 0.6) is 5.75 Å². The summed E-state index contributed by atoms with van der Waals surface area (Å²) in [4.78, 5) is 20.2. The molecule has 122 valence electrons. The van der Waals surface area contributed by atoms with E-state index in [1.54, 1.807) is 18.3 Å². The minimum Gasteiger partial charge on any atom is -0.479 e. The first kappa shape index (κ1) is 16.0. The molecule has 0 aliphatic carbocycles. The lowest BCUT2D eigenvalue weighted by molar-refractivity contribution is -0.125. The van der Waals surface area contributed by atoms with E-state index in [1.165, 1.54) is 4.88 Å². The molecule has 0 saturated carbocycles. The lowest BCUT2D eigenvalue weighted by Crippen LogP contribution is -2.46. The van der Waals surface area contributed by atoms with Gasteiger partial charge in [-0.15, -0.1) is 11.3 Å². The fraction of sp³-hybridized carbons (Fsp3) is 0.444. The summed E-state index contributed by atoms with van der Waals surface area (Å²) < 4.78 is 5.77. The van der Waals surface area contributed by atoms with Crippen LogP contribution in [0.3, 0.4) is 0 Å². The van der Waals surface area contributed by atoms with Crippen molar-refractivity contribution in [2.75, 3.05) is 11.4 Å². The van der Waals surface area contributed by atoms with Gasteiger partial charge in [0, 0.05) is 17.0 Å². The highest BCUT2D eigenvalue weighted by molar-refractivity contribution is 7.11. The standard InChI is InChI=1S/C18H22N2O2S/c1-10(2)9-20-15-8-14(17-12(4)23-13(5)19-17)6-7-16(15)22-11(3)18(20)21/h6-8,10-11H,9H2,1-5H3. The Morgan fingerprint density at radius 2 is 2.09 bits per heavy atom. The lowest BCUT2D eigenvalue weighted by Gasteiger charge is -2.34. The Hall–Kier alpha value is -1.88. The number of thiazole rings is 1. The first-order valence-corrected chi connectivity index (χ1v) is 8.75. The molecule has 1 aromatic carbocycles. The van der Waals surface area contributed by atoms with Gasteiger partial charge in [0.25, 0.3) is 5.91 Å². The first-order chi connectivity index (χ1) is 10.9. The van der Waals surface area contributed by atoms with Crippen LogP contribution in [-0.2, 0) is 4.79 Å². The Morgan fingerprint density at radius 3 is 2.70 bits per heavy atom. The topological polar surface area (TPSA) is 42.4 Å². The van der Waals surface area contributed by atoms with E-state index >= 15 is 0 Å². The molecule has 1 atom stereocenters. The second-order valence-corrected chi connectivity index (χ2v) is 7.83. The zero-order valence-corrected chi connectivity index (χ0v) is 15.0. The summed E-state index contributed by atoms with van der Waals surface area (Å²) in [7, 11) is 0. The van der Waals surface area contributed by atoms with Crippen LogP contribution in [0, 0.1) is 19.8 Å². The summed E-state index contributed by atoms with van der Waals surface area (Å²) in [5, 5.41) is 1.05. The number of nitrogens with zero attached hydrogens (tertiary/aromatic N) is 2. The molecule has 2 heterocycles. The zero-order chi connectivity index (χ0) is 16.7. The molecule has 3 rings (SSSR count). The van der Waals surface area contributed by atoms with Gasteiger partial charge in [-0.1, -0.05) is 13.8 Å². The van der Waals surface area contributed by atoms with Gasteiger partial charge in [0.1, 0.15) is 5.75 Å². The van der Waals surface area contributed by atoms with Crippen molar-refractivity contribution in [3.63, 3.8) is 0 Å². The fourth-order valence-electron chi connectivity index (χ4n) is 2.90. The summed E-state index contributed by atoms with van der Waals surface area (Å²) in [6, 6.07) is 6.01. The molecule has 0 N–H and O–H groups in total.